The molecule has 1 aromatic heterocycles. The Labute approximate surface area is 111 Å². The van der Waals surface area contributed by atoms with Gasteiger partial charge in [0.05, 0.1) is 10.3 Å². The third-order valence-corrected chi connectivity index (χ3v) is 4.44. The second-order valence-corrected chi connectivity index (χ2v) is 6.72. The van der Waals surface area contributed by atoms with Gasteiger partial charge in [0.2, 0.25) is 0 Å². The highest BCUT2D eigenvalue weighted by molar-refractivity contribution is 9.10. The van der Waals surface area contributed by atoms with Crippen LogP contribution in [0, 0.1) is 12.3 Å². The average molecular weight is 327 g/mol. The molecule has 17 heavy (non-hydrogen) atoms. The number of carbonyl (C=O) groups is 1. The number of rotatable bonds is 4. The summed E-state index contributed by atoms with van der Waals surface area (Å²) in [4.78, 5) is 11.5. The molecule has 0 radical (unpaired) electrons. The monoisotopic (exact) mass is 326 g/mol. The van der Waals surface area contributed by atoms with Gasteiger partial charge < -0.3 is 5.11 Å². The Bertz CT molecular complexity index is 441. The van der Waals surface area contributed by atoms with Crippen molar-refractivity contribution in [3.63, 3.8) is 0 Å². The molecular formula is C11H13BrF2O2S. The van der Waals surface area contributed by atoms with Gasteiger partial charge in [-0.25, -0.2) is 8.78 Å². The van der Waals surface area contributed by atoms with Gasteiger partial charge in [-0.3, -0.25) is 4.79 Å². The molecule has 0 aliphatic heterocycles. The molecule has 1 rings (SSSR count). The minimum Gasteiger partial charge on any atom is -0.481 e. The minimum atomic E-state index is -3.14. The molecule has 0 fully saturated rings. The lowest BCUT2D eigenvalue weighted by atomic mass is 9.86. The lowest BCUT2D eigenvalue weighted by molar-refractivity contribution is -0.153. The van der Waals surface area contributed by atoms with Gasteiger partial charge in [-0.05, 0) is 42.8 Å². The number of thiophene rings is 1. The van der Waals surface area contributed by atoms with Crippen LogP contribution in [0.25, 0.3) is 0 Å². The standard InChI is InChI=1S/C11H13BrF2O2S/c1-6-4-7(12)8(17-6)11(13,14)5-10(2,3)9(15)16/h4H,5H2,1-3H3,(H,15,16). The second-order valence-electron chi connectivity index (χ2n) is 4.60. The summed E-state index contributed by atoms with van der Waals surface area (Å²) in [5.41, 5.74) is -1.46. The van der Waals surface area contributed by atoms with Crippen LogP contribution in [-0.2, 0) is 10.7 Å². The predicted octanol–water partition coefficient (Wildman–Crippen LogP) is 4.41. The van der Waals surface area contributed by atoms with E-state index in [-0.39, 0.29) is 4.88 Å². The zero-order valence-electron chi connectivity index (χ0n) is 9.68. The van der Waals surface area contributed by atoms with E-state index < -0.39 is 23.7 Å². The zero-order chi connectivity index (χ0) is 13.4. The normalized spacial score (nSPS) is 12.8. The molecule has 0 atom stereocenters. The molecule has 1 aromatic rings. The zero-order valence-corrected chi connectivity index (χ0v) is 12.1. The lowest BCUT2D eigenvalue weighted by Gasteiger charge is -2.25. The van der Waals surface area contributed by atoms with Gasteiger partial charge in [-0.15, -0.1) is 11.3 Å². The van der Waals surface area contributed by atoms with Crippen molar-refractivity contribution in [2.75, 3.05) is 0 Å². The molecule has 1 heterocycles. The van der Waals surface area contributed by atoms with Crippen molar-refractivity contribution >= 4 is 33.2 Å². The Morgan fingerprint density at radius 3 is 2.41 bits per heavy atom. The number of hydrogen-bond acceptors (Lipinski definition) is 2. The van der Waals surface area contributed by atoms with Gasteiger partial charge in [0.1, 0.15) is 0 Å². The van der Waals surface area contributed by atoms with Crippen LogP contribution < -0.4 is 0 Å². The summed E-state index contributed by atoms with van der Waals surface area (Å²) in [6.45, 7) is 4.34. The van der Waals surface area contributed by atoms with Crippen LogP contribution >= 0.6 is 27.3 Å². The van der Waals surface area contributed by atoms with E-state index in [0.29, 0.717) is 4.47 Å². The van der Waals surface area contributed by atoms with E-state index in [1.807, 2.05) is 0 Å². The van der Waals surface area contributed by atoms with Crippen molar-refractivity contribution < 1.29 is 18.7 Å². The fourth-order valence-electron chi connectivity index (χ4n) is 1.44. The molecule has 0 aliphatic rings. The number of carboxylic acids is 1. The third kappa shape index (κ3) is 3.25. The van der Waals surface area contributed by atoms with Crippen molar-refractivity contribution in [3.05, 3.63) is 20.3 Å². The molecule has 0 bridgehead atoms. The fourth-order valence-corrected chi connectivity index (χ4v) is 3.35. The van der Waals surface area contributed by atoms with Crippen molar-refractivity contribution in [2.24, 2.45) is 5.41 Å². The van der Waals surface area contributed by atoms with Gasteiger partial charge in [0.25, 0.3) is 5.92 Å². The molecule has 0 saturated heterocycles. The molecule has 0 saturated carbocycles. The molecule has 0 aliphatic carbocycles. The number of aryl methyl sites for hydroxylation is 1. The second kappa shape index (κ2) is 4.65. The number of aliphatic carboxylic acids is 1. The molecule has 6 heteroatoms. The van der Waals surface area contributed by atoms with E-state index in [2.05, 4.69) is 15.9 Å². The van der Waals surface area contributed by atoms with Crippen LogP contribution in [0.5, 0.6) is 0 Å². The Kier molecular flexibility index (Phi) is 3.98. The first kappa shape index (κ1) is 14.6. The Balaban J connectivity index is 3.04. The summed E-state index contributed by atoms with van der Waals surface area (Å²) in [5.74, 6) is -4.36. The van der Waals surface area contributed by atoms with Crippen molar-refractivity contribution in [1.29, 1.82) is 0 Å². The van der Waals surface area contributed by atoms with Crippen molar-refractivity contribution in [2.45, 2.75) is 33.1 Å². The van der Waals surface area contributed by atoms with Crippen LogP contribution in [0.2, 0.25) is 0 Å². The van der Waals surface area contributed by atoms with Crippen LogP contribution in [0.1, 0.15) is 30.0 Å². The Morgan fingerprint density at radius 2 is 2.06 bits per heavy atom. The molecular weight excluding hydrogens is 314 g/mol. The van der Waals surface area contributed by atoms with Crippen LogP contribution in [-0.4, -0.2) is 11.1 Å². The molecule has 0 unspecified atom stereocenters. The molecule has 0 amide bonds. The van der Waals surface area contributed by atoms with Crippen molar-refractivity contribution in [3.8, 4) is 0 Å². The number of carboxylic acid groups (broad SMARTS) is 1. The van der Waals surface area contributed by atoms with Crippen LogP contribution in [0.3, 0.4) is 0 Å². The highest BCUT2D eigenvalue weighted by Crippen LogP contribution is 2.46. The van der Waals surface area contributed by atoms with Crippen LogP contribution in [0.15, 0.2) is 10.5 Å². The highest BCUT2D eigenvalue weighted by Gasteiger charge is 2.44. The third-order valence-electron chi connectivity index (χ3n) is 2.39. The molecule has 0 aromatic carbocycles. The maximum Gasteiger partial charge on any atom is 0.309 e. The summed E-state index contributed by atoms with van der Waals surface area (Å²) >= 11 is 4.06. The molecule has 1 N–H and O–H groups in total. The number of halogens is 3. The van der Waals surface area contributed by atoms with E-state index in [4.69, 9.17) is 5.11 Å². The van der Waals surface area contributed by atoms with E-state index in [1.54, 1.807) is 13.0 Å². The van der Waals surface area contributed by atoms with Crippen LogP contribution in [0.4, 0.5) is 8.78 Å². The van der Waals surface area contributed by atoms with Gasteiger partial charge in [0, 0.05) is 15.8 Å². The van der Waals surface area contributed by atoms with Gasteiger partial charge in [-0.2, -0.15) is 0 Å². The smallest absolute Gasteiger partial charge is 0.309 e. The summed E-state index contributed by atoms with van der Waals surface area (Å²) in [7, 11) is 0. The van der Waals surface area contributed by atoms with E-state index in [1.165, 1.54) is 13.8 Å². The first-order valence-electron chi connectivity index (χ1n) is 4.94. The first-order chi connectivity index (χ1) is 7.56. The molecule has 0 spiro atoms. The molecule has 2 nitrogen and oxygen atoms in total. The summed E-state index contributed by atoms with van der Waals surface area (Å²) < 4.78 is 28.3. The summed E-state index contributed by atoms with van der Waals surface area (Å²) in [6.07, 6.45) is -0.714. The van der Waals surface area contributed by atoms with Gasteiger partial charge in [0.15, 0.2) is 0 Å². The maximum absolute atomic E-state index is 14.0. The van der Waals surface area contributed by atoms with Gasteiger partial charge in [-0.1, -0.05) is 0 Å². The highest BCUT2D eigenvalue weighted by atomic mass is 79.9. The Morgan fingerprint density at radius 1 is 1.53 bits per heavy atom. The number of alkyl halides is 2. The average Bonchev–Trinajstić information content (AvgIpc) is 2.43. The topological polar surface area (TPSA) is 37.3 Å². The molecule has 96 valence electrons. The fraction of sp³-hybridized carbons (Fsp3) is 0.545. The minimum absolute atomic E-state index is 0.107. The predicted molar refractivity (Wildman–Crippen MR) is 66.7 cm³/mol. The SMILES string of the molecule is Cc1cc(Br)c(C(F)(F)CC(C)(C)C(=O)O)s1. The Hall–Kier alpha value is -0.490. The maximum atomic E-state index is 14.0. The number of hydrogen-bond donors (Lipinski definition) is 1. The summed E-state index contributed by atoms with van der Waals surface area (Å²) in [5, 5.41) is 8.88. The van der Waals surface area contributed by atoms with E-state index >= 15 is 0 Å². The van der Waals surface area contributed by atoms with Crippen molar-refractivity contribution in [1.82, 2.24) is 0 Å². The van der Waals surface area contributed by atoms with Gasteiger partial charge >= 0.3 is 5.97 Å². The first-order valence-corrected chi connectivity index (χ1v) is 6.55. The van der Waals surface area contributed by atoms with E-state index in [0.717, 1.165) is 16.2 Å². The summed E-state index contributed by atoms with van der Waals surface area (Å²) in [6, 6.07) is 1.61. The quantitative estimate of drug-likeness (QED) is 0.889. The lowest BCUT2D eigenvalue weighted by Crippen LogP contribution is -2.31. The van der Waals surface area contributed by atoms with E-state index in [9.17, 15) is 13.6 Å². The largest absolute Gasteiger partial charge is 0.481 e.